The van der Waals surface area contributed by atoms with Crippen molar-refractivity contribution in [3.8, 4) is 5.75 Å². The Morgan fingerprint density at radius 3 is 2.79 bits per heavy atom. The number of nitrogens with zero attached hydrogens (tertiary/aromatic N) is 1. The first-order valence-electron chi connectivity index (χ1n) is 4.79. The predicted molar refractivity (Wildman–Crippen MR) is 59.7 cm³/mol. The van der Waals surface area contributed by atoms with Crippen LogP contribution in [-0.4, -0.2) is 23.6 Å². The van der Waals surface area contributed by atoms with Crippen molar-refractivity contribution in [3.05, 3.63) is 28.8 Å². The summed E-state index contributed by atoms with van der Waals surface area (Å²) in [5.41, 5.74) is 0.883. The van der Waals surface area contributed by atoms with Gasteiger partial charge in [0.25, 0.3) is 0 Å². The SMILES string of the molecule is CCCN(C)Cc1cc(Cl)ccc1O. The Morgan fingerprint density at radius 1 is 1.43 bits per heavy atom. The van der Waals surface area contributed by atoms with E-state index >= 15 is 0 Å². The van der Waals surface area contributed by atoms with E-state index in [1.807, 2.05) is 13.1 Å². The van der Waals surface area contributed by atoms with Gasteiger partial charge in [0.2, 0.25) is 0 Å². The van der Waals surface area contributed by atoms with Gasteiger partial charge in [-0.1, -0.05) is 18.5 Å². The first-order chi connectivity index (χ1) is 6.63. The van der Waals surface area contributed by atoms with Crippen LogP contribution in [0.4, 0.5) is 0 Å². The molecule has 1 aromatic rings. The van der Waals surface area contributed by atoms with Crippen LogP contribution in [0.15, 0.2) is 18.2 Å². The van der Waals surface area contributed by atoms with Crippen molar-refractivity contribution >= 4 is 11.6 Å². The molecule has 3 heteroatoms. The highest BCUT2D eigenvalue weighted by Crippen LogP contribution is 2.22. The fourth-order valence-electron chi connectivity index (χ4n) is 1.43. The molecular weight excluding hydrogens is 198 g/mol. The second-order valence-electron chi connectivity index (χ2n) is 3.51. The number of phenolic OH excluding ortho intramolecular Hbond substituents is 1. The molecular formula is C11H16ClNO. The maximum Gasteiger partial charge on any atom is 0.120 e. The summed E-state index contributed by atoms with van der Waals surface area (Å²) in [6.07, 6.45) is 1.11. The van der Waals surface area contributed by atoms with E-state index in [0.29, 0.717) is 10.8 Å². The van der Waals surface area contributed by atoms with Crippen molar-refractivity contribution in [1.29, 1.82) is 0 Å². The third-order valence-corrected chi connectivity index (χ3v) is 2.32. The van der Waals surface area contributed by atoms with Crippen molar-refractivity contribution in [2.75, 3.05) is 13.6 Å². The molecule has 0 fully saturated rings. The monoisotopic (exact) mass is 213 g/mol. The minimum atomic E-state index is 0.317. The van der Waals surface area contributed by atoms with Gasteiger partial charge in [-0.25, -0.2) is 0 Å². The summed E-state index contributed by atoms with van der Waals surface area (Å²) < 4.78 is 0. The predicted octanol–water partition coefficient (Wildman–Crippen LogP) is 2.89. The average Bonchev–Trinajstić information content (AvgIpc) is 2.12. The summed E-state index contributed by atoms with van der Waals surface area (Å²) in [5.74, 6) is 0.317. The van der Waals surface area contributed by atoms with Gasteiger partial charge in [0.1, 0.15) is 5.75 Å². The number of aromatic hydroxyl groups is 1. The Balaban J connectivity index is 2.70. The minimum absolute atomic E-state index is 0.317. The smallest absolute Gasteiger partial charge is 0.120 e. The van der Waals surface area contributed by atoms with E-state index in [0.717, 1.165) is 25.1 Å². The Hall–Kier alpha value is -0.730. The highest BCUT2D eigenvalue weighted by Gasteiger charge is 2.04. The van der Waals surface area contributed by atoms with Crippen molar-refractivity contribution in [3.63, 3.8) is 0 Å². The second kappa shape index (κ2) is 5.23. The van der Waals surface area contributed by atoms with Gasteiger partial charge in [-0.3, -0.25) is 0 Å². The van der Waals surface area contributed by atoms with Gasteiger partial charge < -0.3 is 10.0 Å². The summed E-state index contributed by atoms with van der Waals surface area (Å²) >= 11 is 5.85. The molecule has 0 amide bonds. The van der Waals surface area contributed by atoms with E-state index in [4.69, 9.17) is 11.6 Å². The largest absolute Gasteiger partial charge is 0.508 e. The summed E-state index contributed by atoms with van der Waals surface area (Å²) in [6, 6.07) is 5.14. The van der Waals surface area contributed by atoms with Crippen LogP contribution in [0, 0.1) is 0 Å². The molecule has 1 aromatic carbocycles. The van der Waals surface area contributed by atoms with Crippen molar-refractivity contribution in [2.24, 2.45) is 0 Å². The third kappa shape index (κ3) is 3.20. The van der Waals surface area contributed by atoms with Gasteiger partial charge in [0.05, 0.1) is 0 Å². The molecule has 0 saturated carbocycles. The van der Waals surface area contributed by atoms with Crippen LogP contribution < -0.4 is 0 Å². The molecule has 0 heterocycles. The molecule has 14 heavy (non-hydrogen) atoms. The van der Waals surface area contributed by atoms with E-state index in [1.54, 1.807) is 12.1 Å². The van der Waals surface area contributed by atoms with Crippen LogP contribution in [0.5, 0.6) is 5.75 Å². The third-order valence-electron chi connectivity index (χ3n) is 2.09. The molecule has 0 aromatic heterocycles. The van der Waals surface area contributed by atoms with Crippen LogP contribution in [0.1, 0.15) is 18.9 Å². The maximum absolute atomic E-state index is 9.57. The second-order valence-corrected chi connectivity index (χ2v) is 3.95. The Bertz CT molecular complexity index is 301. The fourth-order valence-corrected chi connectivity index (χ4v) is 1.63. The molecule has 0 bridgehead atoms. The van der Waals surface area contributed by atoms with Crippen molar-refractivity contribution < 1.29 is 5.11 Å². The summed E-state index contributed by atoms with van der Waals surface area (Å²) in [6.45, 7) is 3.89. The lowest BCUT2D eigenvalue weighted by atomic mass is 10.2. The number of hydrogen-bond donors (Lipinski definition) is 1. The molecule has 0 spiro atoms. The van der Waals surface area contributed by atoms with E-state index in [-0.39, 0.29) is 0 Å². The normalized spacial score (nSPS) is 10.9. The van der Waals surface area contributed by atoms with Crippen molar-refractivity contribution in [2.45, 2.75) is 19.9 Å². The molecule has 2 nitrogen and oxygen atoms in total. The Labute approximate surface area is 90.1 Å². The van der Waals surface area contributed by atoms with Gasteiger partial charge in [-0.05, 0) is 38.2 Å². The molecule has 0 radical (unpaired) electrons. The average molecular weight is 214 g/mol. The summed E-state index contributed by atoms with van der Waals surface area (Å²) in [4.78, 5) is 2.16. The molecule has 0 aliphatic heterocycles. The molecule has 0 atom stereocenters. The van der Waals surface area contributed by atoms with Crippen molar-refractivity contribution in [1.82, 2.24) is 4.90 Å². The molecule has 1 N–H and O–H groups in total. The number of benzene rings is 1. The lowest BCUT2D eigenvalue weighted by Gasteiger charge is -2.16. The number of phenols is 1. The van der Waals surface area contributed by atoms with Gasteiger partial charge in [-0.15, -0.1) is 0 Å². The van der Waals surface area contributed by atoms with Crippen LogP contribution in [0.2, 0.25) is 5.02 Å². The first-order valence-corrected chi connectivity index (χ1v) is 5.17. The molecule has 0 aliphatic carbocycles. The fraction of sp³-hybridized carbons (Fsp3) is 0.455. The topological polar surface area (TPSA) is 23.5 Å². The van der Waals surface area contributed by atoms with Crippen LogP contribution in [0.25, 0.3) is 0 Å². The summed E-state index contributed by atoms with van der Waals surface area (Å²) in [7, 11) is 2.03. The number of rotatable bonds is 4. The van der Waals surface area contributed by atoms with Gasteiger partial charge >= 0.3 is 0 Å². The minimum Gasteiger partial charge on any atom is -0.508 e. The van der Waals surface area contributed by atoms with Crippen LogP contribution in [0.3, 0.4) is 0 Å². The van der Waals surface area contributed by atoms with Crippen LogP contribution >= 0.6 is 11.6 Å². The molecule has 0 saturated heterocycles. The molecule has 0 aliphatic rings. The van der Waals surface area contributed by atoms with Crippen LogP contribution in [-0.2, 0) is 6.54 Å². The zero-order valence-corrected chi connectivity index (χ0v) is 9.38. The van der Waals surface area contributed by atoms with E-state index in [2.05, 4.69) is 11.8 Å². The zero-order valence-electron chi connectivity index (χ0n) is 8.63. The first kappa shape index (κ1) is 11.3. The lowest BCUT2D eigenvalue weighted by molar-refractivity contribution is 0.321. The number of hydrogen-bond acceptors (Lipinski definition) is 2. The molecule has 78 valence electrons. The highest BCUT2D eigenvalue weighted by atomic mass is 35.5. The standard InChI is InChI=1S/C11H16ClNO/c1-3-6-13(2)8-9-7-10(12)4-5-11(9)14/h4-5,7,14H,3,6,8H2,1-2H3. The lowest BCUT2D eigenvalue weighted by Crippen LogP contribution is -2.18. The Kier molecular flexibility index (Phi) is 4.23. The zero-order chi connectivity index (χ0) is 10.6. The van der Waals surface area contributed by atoms with Gasteiger partial charge in [-0.2, -0.15) is 0 Å². The quantitative estimate of drug-likeness (QED) is 0.832. The van der Waals surface area contributed by atoms with Gasteiger partial charge in [0.15, 0.2) is 0 Å². The highest BCUT2D eigenvalue weighted by molar-refractivity contribution is 6.30. The van der Waals surface area contributed by atoms with E-state index in [9.17, 15) is 5.11 Å². The molecule has 1 rings (SSSR count). The number of halogens is 1. The van der Waals surface area contributed by atoms with Gasteiger partial charge in [0, 0.05) is 17.1 Å². The van der Waals surface area contributed by atoms with E-state index in [1.165, 1.54) is 0 Å². The van der Waals surface area contributed by atoms with E-state index < -0.39 is 0 Å². The Morgan fingerprint density at radius 2 is 2.14 bits per heavy atom. The maximum atomic E-state index is 9.57. The molecule has 0 unspecified atom stereocenters. The summed E-state index contributed by atoms with van der Waals surface area (Å²) in [5, 5.41) is 10.2.